The lowest BCUT2D eigenvalue weighted by molar-refractivity contribution is -0.112. The maximum absolute atomic E-state index is 13.2. The number of pyridine rings is 1. The molecule has 4 rings (SSSR count). The maximum Gasteiger partial charge on any atom is 0.260 e. The quantitative estimate of drug-likeness (QED) is 0.195. The number of likely N-dealkylation sites (N-methyl/N-ethyl adjacent to an activating group) is 1. The van der Waals surface area contributed by atoms with Crippen molar-refractivity contribution < 1.29 is 9.90 Å². The second kappa shape index (κ2) is 11.9. The predicted octanol–water partition coefficient (Wildman–Crippen LogP) is 4.14. The lowest BCUT2D eigenvalue weighted by Crippen LogP contribution is -2.44. The Kier molecular flexibility index (Phi) is 8.45. The lowest BCUT2D eigenvalue weighted by atomic mass is 9.95. The van der Waals surface area contributed by atoms with Crippen molar-refractivity contribution in [1.82, 2.24) is 9.88 Å². The number of hydrogen-bond donors (Lipinski definition) is 4. The van der Waals surface area contributed by atoms with Gasteiger partial charge in [-0.25, -0.2) is 0 Å². The first kappa shape index (κ1) is 26.2. The Bertz CT molecular complexity index is 1200. The van der Waals surface area contributed by atoms with Gasteiger partial charge in [-0.3, -0.25) is 14.8 Å². The van der Waals surface area contributed by atoms with Crippen molar-refractivity contribution >= 4 is 34.9 Å². The third kappa shape index (κ3) is 6.11. The molecule has 37 heavy (non-hydrogen) atoms. The van der Waals surface area contributed by atoms with Crippen LogP contribution in [0.5, 0.6) is 0 Å². The fraction of sp³-hybridized carbons (Fsp3) is 0.393. The third-order valence-electron chi connectivity index (χ3n) is 7.03. The number of rotatable bonds is 7. The molecule has 0 saturated carbocycles. The summed E-state index contributed by atoms with van der Waals surface area (Å²) in [7, 11) is 3.78. The molecule has 1 aromatic heterocycles. The number of hydrogen-bond acceptors (Lipinski definition) is 8. The van der Waals surface area contributed by atoms with E-state index < -0.39 is 5.91 Å². The highest BCUT2D eigenvalue weighted by atomic mass is 16.2. The summed E-state index contributed by atoms with van der Waals surface area (Å²) in [4.78, 5) is 26.6. The molecular weight excluding hydrogens is 466 g/mol. The fourth-order valence-electron chi connectivity index (χ4n) is 4.66. The van der Waals surface area contributed by atoms with E-state index in [-0.39, 0.29) is 5.57 Å². The summed E-state index contributed by atoms with van der Waals surface area (Å²) in [5.41, 5.74) is 6.10. The summed E-state index contributed by atoms with van der Waals surface area (Å²) in [5, 5.41) is 19.7. The number of carbonyl (C=O) groups is 1. The highest BCUT2D eigenvalue weighted by Gasteiger charge is 2.22. The molecule has 1 saturated heterocycles. The van der Waals surface area contributed by atoms with Crippen molar-refractivity contribution in [2.45, 2.75) is 26.2 Å². The summed E-state index contributed by atoms with van der Waals surface area (Å²) in [5.74, 6) is -0.0547. The zero-order chi connectivity index (χ0) is 26.4. The van der Waals surface area contributed by atoms with E-state index in [1.807, 2.05) is 31.2 Å². The number of aliphatic hydroxyl groups excluding tert-OH is 1. The van der Waals surface area contributed by atoms with Gasteiger partial charge in [0.05, 0.1) is 40.8 Å². The third-order valence-corrected chi connectivity index (χ3v) is 7.03. The van der Waals surface area contributed by atoms with Crippen LogP contribution in [-0.2, 0) is 4.79 Å². The van der Waals surface area contributed by atoms with Crippen LogP contribution < -0.4 is 20.9 Å². The number of nitrogens with one attached hydrogen (secondary N) is 3. The SMILES string of the molecule is CN=C/C=C(Nc1cnc2c(c1C)NCCC2C)\C(=C\O)C(=O)Nc1ccc(N2CCN(C)CC2)cc1. The Balaban J connectivity index is 1.50. The van der Waals surface area contributed by atoms with Gasteiger partial charge in [-0.2, -0.15) is 0 Å². The van der Waals surface area contributed by atoms with E-state index in [9.17, 15) is 9.90 Å². The summed E-state index contributed by atoms with van der Waals surface area (Å²) in [6.07, 6.45) is 6.87. The predicted molar refractivity (Wildman–Crippen MR) is 152 cm³/mol. The molecule has 196 valence electrons. The molecule has 0 aliphatic carbocycles. The highest BCUT2D eigenvalue weighted by molar-refractivity contribution is 6.08. The molecule has 1 aromatic carbocycles. The molecule has 1 unspecified atom stereocenters. The second-order valence-corrected chi connectivity index (χ2v) is 9.62. The number of benzene rings is 1. The van der Waals surface area contributed by atoms with Gasteiger partial charge < -0.3 is 30.9 Å². The topological polar surface area (TPSA) is 105 Å². The van der Waals surface area contributed by atoms with E-state index in [0.717, 1.165) is 73.7 Å². The molecule has 3 heterocycles. The standard InChI is InChI=1S/C28H37N7O2/c1-19-9-12-30-27-20(2)25(17-31-26(19)27)33-24(10-11-29-3)23(18-36)28(37)32-21-5-7-22(8-6-21)35-15-13-34(4)14-16-35/h5-8,10-11,17-19,30,33,36H,9,12-16H2,1-4H3,(H,32,37)/b23-18-,24-10+,29-11?. The fourth-order valence-corrected chi connectivity index (χ4v) is 4.66. The van der Waals surface area contributed by atoms with Crippen molar-refractivity contribution in [1.29, 1.82) is 0 Å². The van der Waals surface area contributed by atoms with Crippen LogP contribution in [0.2, 0.25) is 0 Å². The van der Waals surface area contributed by atoms with Crippen molar-refractivity contribution in [3.63, 3.8) is 0 Å². The molecule has 1 amide bonds. The van der Waals surface area contributed by atoms with Gasteiger partial charge in [-0.15, -0.1) is 0 Å². The van der Waals surface area contributed by atoms with Crippen LogP contribution in [0.3, 0.4) is 0 Å². The van der Waals surface area contributed by atoms with Gasteiger partial charge in [-0.05, 0) is 56.3 Å². The van der Waals surface area contributed by atoms with Crippen molar-refractivity contribution in [3.8, 4) is 0 Å². The molecular formula is C28H37N7O2. The number of carbonyl (C=O) groups excluding carboxylic acids is 1. The zero-order valence-corrected chi connectivity index (χ0v) is 22.1. The number of aliphatic hydroxyl groups is 1. The Morgan fingerprint density at radius 3 is 2.59 bits per heavy atom. The molecule has 1 atom stereocenters. The molecule has 9 heteroatoms. The van der Waals surface area contributed by atoms with E-state index >= 15 is 0 Å². The number of aromatic nitrogens is 1. The molecule has 0 radical (unpaired) electrons. The van der Waals surface area contributed by atoms with Gasteiger partial charge in [-0.1, -0.05) is 6.92 Å². The van der Waals surface area contributed by atoms with E-state index in [1.165, 1.54) is 0 Å². The highest BCUT2D eigenvalue weighted by Crippen LogP contribution is 2.35. The number of amides is 1. The molecule has 2 aliphatic rings. The lowest BCUT2D eigenvalue weighted by Gasteiger charge is -2.34. The van der Waals surface area contributed by atoms with Gasteiger partial charge in [0, 0.05) is 63.3 Å². The molecule has 4 N–H and O–H groups in total. The van der Waals surface area contributed by atoms with Crippen molar-refractivity contribution in [3.05, 3.63) is 65.3 Å². The number of aliphatic imine (C=N–C) groups is 1. The first-order valence-electron chi connectivity index (χ1n) is 12.7. The van der Waals surface area contributed by atoms with Crippen LogP contribution in [0.25, 0.3) is 0 Å². The Morgan fingerprint density at radius 2 is 1.92 bits per heavy atom. The Hall–Kier alpha value is -3.85. The largest absolute Gasteiger partial charge is 0.515 e. The number of nitrogens with zero attached hydrogens (tertiary/aromatic N) is 4. The van der Waals surface area contributed by atoms with Crippen LogP contribution in [0.15, 0.2) is 59.1 Å². The summed E-state index contributed by atoms with van der Waals surface area (Å²) in [6, 6.07) is 7.79. The molecule has 2 aromatic rings. The molecule has 0 spiro atoms. The van der Waals surface area contributed by atoms with E-state index in [2.05, 4.69) is 49.7 Å². The number of piperazine rings is 1. The smallest absolute Gasteiger partial charge is 0.260 e. The number of allylic oxidation sites excluding steroid dienone is 1. The van der Waals surface area contributed by atoms with Gasteiger partial charge in [0.25, 0.3) is 5.91 Å². The molecule has 1 fully saturated rings. The Labute approximate surface area is 219 Å². The van der Waals surface area contributed by atoms with Gasteiger partial charge >= 0.3 is 0 Å². The van der Waals surface area contributed by atoms with E-state index in [1.54, 1.807) is 25.5 Å². The minimum Gasteiger partial charge on any atom is -0.515 e. The molecule has 2 aliphatic heterocycles. The Morgan fingerprint density at radius 1 is 1.19 bits per heavy atom. The average molecular weight is 504 g/mol. The van der Waals surface area contributed by atoms with E-state index in [4.69, 9.17) is 0 Å². The monoisotopic (exact) mass is 503 g/mol. The number of anilines is 4. The van der Waals surface area contributed by atoms with Crippen LogP contribution in [-0.4, -0.2) is 73.9 Å². The first-order valence-corrected chi connectivity index (χ1v) is 12.7. The minimum atomic E-state index is -0.437. The number of fused-ring (bicyclic) bond motifs is 1. The normalized spacial score (nSPS) is 18.9. The van der Waals surface area contributed by atoms with Crippen LogP contribution in [0.1, 0.15) is 30.5 Å². The van der Waals surface area contributed by atoms with Crippen LogP contribution in [0.4, 0.5) is 22.7 Å². The second-order valence-electron chi connectivity index (χ2n) is 9.62. The molecule has 0 bridgehead atoms. The van der Waals surface area contributed by atoms with Gasteiger partial charge in [0.15, 0.2) is 0 Å². The van der Waals surface area contributed by atoms with Gasteiger partial charge in [0.1, 0.15) is 0 Å². The van der Waals surface area contributed by atoms with Crippen molar-refractivity contribution in [2.75, 3.05) is 67.7 Å². The minimum absolute atomic E-state index is 0.0847. The first-order chi connectivity index (χ1) is 17.9. The molecule has 9 nitrogen and oxygen atoms in total. The van der Waals surface area contributed by atoms with Crippen LogP contribution in [0, 0.1) is 6.92 Å². The zero-order valence-electron chi connectivity index (χ0n) is 22.1. The summed E-state index contributed by atoms with van der Waals surface area (Å²) >= 11 is 0. The average Bonchev–Trinajstić information content (AvgIpc) is 2.90. The van der Waals surface area contributed by atoms with Gasteiger partial charge in [0.2, 0.25) is 0 Å². The summed E-state index contributed by atoms with van der Waals surface area (Å²) in [6.45, 7) is 9.10. The van der Waals surface area contributed by atoms with Crippen LogP contribution >= 0.6 is 0 Å². The van der Waals surface area contributed by atoms with E-state index in [0.29, 0.717) is 17.3 Å². The summed E-state index contributed by atoms with van der Waals surface area (Å²) < 4.78 is 0. The van der Waals surface area contributed by atoms with Crippen molar-refractivity contribution in [2.24, 2.45) is 4.99 Å². The maximum atomic E-state index is 13.2.